The van der Waals surface area contributed by atoms with Crippen molar-refractivity contribution < 1.29 is 22.7 Å². The monoisotopic (exact) mass is 361 g/mol. The molecular weight excluding hydrogens is 342 g/mol. The smallest absolute Gasteiger partial charge is 0.258 e. The lowest BCUT2D eigenvalue weighted by Gasteiger charge is -2.12. The summed E-state index contributed by atoms with van der Waals surface area (Å²) >= 11 is 0. The van der Waals surface area contributed by atoms with Gasteiger partial charge >= 0.3 is 0 Å². The molecule has 0 unspecified atom stereocenters. The Morgan fingerprint density at radius 2 is 1.76 bits per heavy atom. The van der Waals surface area contributed by atoms with E-state index in [9.17, 15) is 13.2 Å². The minimum atomic E-state index is -3.02. The molecule has 1 saturated heterocycles. The topological polar surface area (TPSA) is 81.7 Å². The summed E-state index contributed by atoms with van der Waals surface area (Å²) in [6.07, 6.45) is 0.453. The van der Waals surface area contributed by atoms with Crippen LogP contribution < -0.4 is 14.8 Å². The van der Waals surface area contributed by atoms with Crippen molar-refractivity contribution in [2.75, 3.05) is 18.1 Å². The summed E-state index contributed by atoms with van der Waals surface area (Å²) in [5.41, 5.74) is 0. The van der Waals surface area contributed by atoms with E-state index < -0.39 is 9.84 Å². The van der Waals surface area contributed by atoms with Gasteiger partial charge in [0.05, 0.1) is 11.5 Å². The number of carbonyl (C=O) groups is 1. The molecule has 7 heteroatoms. The van der Waals surface area contributed by atoms with Crippen LogP contribution >= 0.6 is 0 Å². The van der Waals surface area contributed by atoms with E-state index in [0.717, 1.165) is 0 Å². The molecular formula is C18H19NO5S. The van der Waals surface area contributed by atoms with Crippen LogP contribution in [0.2, 0.25) is 0 Å². The van der Waals surface area contributed by atoms with E-state index >= 15 is 0 Å². The summed E-state index contributed by atoms with van der Waals surface area (Å²) in [5.74, 6) is 1.60. The van der Waals surface area contributed by atoms with Crippen molar-refractivity contribution >= 4 is 15.7 Å². The Hall–Kier alpha value is -2.54. The molecule has 3 rings (SSSR count). The number of nitrogens with one attached hydrogen (secondary N) is 1. The van der Waals surface area contributed by atoms with E-state index in [1.165, 1.54) is 0 Å². The van der Waals surface area contributed by atoms with Crippen molar-refractivity contribution in [3.05, 3.63) is 54.6 Å². The average Bonchev–Trinajstić information content (AvgIpc) is 2.93. The Balaban J connectivity index is 1.51. The summed E-state index contributed by atoms with van der Waals surface area (Å²) in [4.78, 5) is 11.9. The second-order valence-electron chi connectivity index (χ2n) is 5.85. The normalized spacial score (nSPS) is 18.5. The molecule has 0 aliphatic carbocycles. The van der Waals surface area contributed by atoms with Crippen LogP contribution in [0.25, 0.3) is 0 Å². The van der Waals surface area contributed by atoms with Crippen LogP contribution in [0.3, 0.4) is 0 Å². The molecule has 0 aromatic heterocycles. The summed E-state index contributed by atoms with van der Waals surface area (Å²) in [6.45, 7) is -0.175. The van der Waals surface area contributed by atoms with Crippen LogP contribution in [0.1, 0.15) is 6.42 Å². The highest BCUT2D eigenvalue weighted by Crippen LogP contribution is 2.24. The second kappa shape index (κ2) is 7.57. The molecule has 0 radical (unpaired) electrons. The van der Waals surface area contributed by atoms with Crippen molar-refractivity contribution in [2.45, 2.75) is 12.5 Å². The van der Waals surface area contributed by atoms with Gasteiger partial charge < -0.3 is 14.8 Å². The largest absolute Gasteiger partial charge is 0.484 e. The first-order valence-electron chi connectivity index (χ1n) is 7.96. The minimum Gasteiger partial charge on any atom is -0.484 e. The van der Waals surface area contributed by atoms with Gasteiger partial charge in [-0.05, 0) is 30.7 Å². The third-order valence-corrected chi connectivity index (χ3v) is 5.52. The maximum Gasteiger partial charge on any atom is 0.258 e. The van der Waals surface area contributed by atoms with Crippen LogP contribution in [-0.4, -0.2) is 38.5 Å². The fourth-order valence-corrected chi connectivity index (χ4v) is 4.25. The highest BCUT2D eigenvalue weighted by molar-refractivity contribution is 7.91. The number of hydrogen-bond acceptors (Lipinski definition) is 5. The fraction of sp³-hybridized carbons (Fsp3) is 0.278. The fourth-order valence-electron chi connectivity index (χ4n) is 2.58. The first kappa shape index (κ1) is 17.3. The van der Waals surface area contributed by atoms with Crippen molar-refractivity contribution in [1.29, 1.82) is 0 Å². The minimum absolute atomic E-state index is 0.000852. The van der Waals surface area contributed by atoms with Crippen molar-refractivity contribution in [1.82, 2.24) is 5.32 Å². The standard InChI is InChI=1S/C18H19NO5S/c20-18(19-14-9-10-25(21,22)13-14)12-23-16-7-4-8-17(11-16)24-15-5-2-1-3-6-15/h1-8,11,14H,9-10,12-13H2,(H,19,20)/t14-/m0/s1. The number of para-hydroxylation sites is 1. The molecule has 0 bridgehead atoms. The Bertz CT molecular complexity index is 836. The summed E-state index contributed by atoms with van der Waals surface area (Å²) in [7, 11) is -3.02. The first-order chi connectivity index (χ1) is 12.0. The third kappa shape index (κ3) is 5.22. The summed E-state index contributed by atoms with van der Waals surface area (Å²) in [5, 5.41) is 2.68. The molecule has 132 valence electrons. The molecule has 2 aromatic carbocycles. The molecule has 25 heavy (non-hydrogen) atoms. The highest BCUT2D eigenvalue weighted by Gasteiger charge is 2.28. The number of benzene rings is 2. The lowest BCUT2D eigenvalue weighted by atomic mass is 10.2. The Morgan fingerprint density at radius 3 is 2.48 bits per heavy atom. The molecule has 1 N–H and O–H groups in total. The average molecular weight is 361 g/mol. The molecule has 1 aliphatic heterocycles. The number of hydrogen-bond donors (Lipinski definition) is 1. The summed E-state index contributed by atoms with van der Waals surface area (Å²) < 4.78 is 34.0. The van der Waals surface area contributed by atoms with Gasteiger partial charge in [0.2, 0.25) is 0 Å². The zero-order valence-corrected chi connectivity index (χ0v) is 14.4. The van der Waals surface area contributed by atoms with Gasteiger partial charge in [-0.2, -0.15) is 0 Å². The van der Waals surface area contributed by atoms with Crippen molar-refractivity contribution in [3.63, 3.8) is 0 Å². The van der Waals surface area contributed by atoms with E-state index in [1.807, 2.05) is 30.3 Å². The van der Waals surface area contributed by atoms with Crippen LogP contribution in [0.4, 0.5) is 0 Å². The summed E-state index contributed by atoms with van der Waals surface area (Å²) in [6, 6.07) is 16.0. The molecule has 1 aliphatic rings. The van der Waals surface area contributed by atoms with Crippen molar-refractivity contribution in [2.24, 2.45) is 0 Å². The second-order valence-corrected chi connectivity index (χ2v) is 8.07. The first-order valence-corrected chi connectivity index (χ1v) is 9.78. The zero-order valence-electron chi connectivity index (χ0n) is 13.6. The molecule has 1 heterocycles. The lowest BCUT2D eigenvalue weighted by Crippen LogP contribution is -2.38. The van der Waals surface area contributed by atoms with E-state index in [4.69, 9.17) is 9.47 Å². The van der Waals surface area contributed by atoms with E-state index in [0.29, 0.717) is 23.7 Å². The number of amides is 1. The Morgan fingerprint density at radius 1 is 1.04 bits per heavy atom. The molecule has 6 nitrogen and oxygen atoms in total. The molecule has 2 aromatic rings. The molecule has 1 atom stereocenters. The van der Waals surface area contributed by atoms with Gasteiger partial charge in [-0.3, -0.25) is 4.79 Å². The predicted molar refractivity (Wildman–Crippen MR) is 93.7 cm³/mol. The van der Waals surface area contributed by atoms with Gasteiger partial charge in [0.15, 0.2) is 16.4 Å². The molecule has 1 fully saturated rings. The number of sulfone groups is 1. The van der Waals surface area contributed by atoms with Gasteiger partial charge in [0.1, 0.15) is 17.2 Å². The van der Waals surface area contributed by atoms with Crippen LogP contribution in [0.5, 0.6) is 17.2 Å². The zero-order chi connectivity index (χ0) is 17.7. The van der Waals surface area contributed by atoms with Gasteiger partial charge in [-0.15, -0.1) is 0 Å². The lowest BCUT2D eigenvalue weighted by molar-refractivity contribution is -0.123. The van der Waals surface area contributed by atoms with Gasteiger partial charge in [-0.25, -0.2) is 8.42 Å². The van der Waals surface area contributed by atoms with Crippen LogP contribution in [0, 0.1) is 0 Å². The number of rotatable bonds is 6. The molecule has 1 amide bonds. The Kier molecular flexibility index (Phi) is 5.23. The van der Waals surface area contributed by atoms with Gasteiger partial charge in [0, 0.05) is 12.1 Å². The maximum absolute atomic E-state index is 11.9. The van der Waals surface area contributed by atoms with Crippen LogP contribution in [0.15, 0.2) is 54.6 Å². The quantitative estimate of drug-likeness (QED) is 0.853. The van der Waals surface area contributed by atoms with Gasteiger partial charge in [-0.1, -0.05) is 24.3 Å². The highest BCUT2D eigenvalue weighted by atomic mass is 32.2. The van der Waals surface area contributed by atoms with Gasteiger partial charge in [0.25, 0.3) is 5.91 Å². The van der Waals surface area contributed by atoms with E-state index in [1.54, 1.807) is 24.3 Å². The SMILES string of the molecule is O=C(COc1cccc(Oc2ccccc2)c1)N[C@H]1CCS(=O)(=O)C1. The number of carbonyl (C=O) groups excluding carboxylic acids is 1. The number of ether oxygens (including phenoxy) is 2. The Labute approximate surface area is 146 Å². The van der Waals surface area contributed by atoms with E-state index in [-0.39, 0.29) is 30.1 Å². The maximum atomic E-state index is 11.9. The predicted octanol–water partition coefficient (Wildman–Crippen LogP) is 2.16. The van der Waals surface area contributed by atoms with Crippen LogP contribution in [-0.2, 0) is 14.6 Å². The molecule has 0 saturated carbocycles. The molecule has 0 spiro atoms. The van der Waals surface area contributed by atoms with E-state index in [2.05, 4.69) is 5.32 Å². The third-order valence-electron chi connectivity index (χ3n) is 3.75. The van der Waals surface area contributed by atoms with Crippen molar-refractivity contribution in [3.8, 4) is 17.2 Å².